The fraction of sp³-hybridized carbons (Fsp3) is 0.400. The summed E-state index contributed by atoms with van der Waals surface area (Å²) < 4.78 is 50.5. The van der Waals surface area contributed by atoms with Crippen LogP contribution in [-0.4, -0.2) is 51.1 Å². The Morgan fingerprint density at radius 3 is 2.82 bits per heavy atom. The van der Waals surface area contributed by atoms with Gasteiger partial charge in [-0.25, -0.2) is 10.1 Å². The second-order valence-electron chi connectivity index (χ2n) is 7.70. The highest BCUT2D eigenvalue weighted by Gasteiger charge is 2.37. The zero-order chi connectivity index (χ0) is 24.3. The average Bonchev–Trinajstić information content (AvgIpc) is 3.20. The number of hydrogen-bond donors (Lipinski definition) is 2. The Kier molecular flexibility index (Phi) is 6.46. The SMILES string of the molecule is CC(COCc1nnc(C2CN(c3ccc(C#N)cn3)C2)o1)Nc1cn[nH]c(=O)c1C(F)(F)F. The topological polar surface area (TPSA) is 146 Å². The number of halogens is 3. The Hall–Kier alpha value is -3.99. The summed E-state index contributed by atoms with van der Waals surface area (Å²) in [5.41, 5.74) is -2.62. The van der Waals surface area contributed by atoms with Gasteiger partial charge < -0.3 is 19.4 Å². The van der Waals surface area contributed by atoms with Crippen LogP contribution in [0.2, 0.25) is 0 Å². The number of aromatic nitrogens is 5. The molecular weight excluding hydrogens is 457 g/mol. The van der Waals surface area contributed by atoms with Gasteiger partial charge in [-0.05, 0) is 19.1 Å². The molecule has 1 unspecified atom stereocenters. The van der Waals surface area contributed by atoms with Gasteiger partial charge in [0.25, 0.3) is 5.56 Å². The van der Waals surface area contributed by atoms with Crippen molar-refractivity contribution >= 4 is 11.5 Å². The van der Waals surface area contributed by atoms with E-state index in [4.69, 9.17) is 14.4 Å². The fourth-order valence-electron chi connectivity index (χ4n) is 3.37. The van der Waals surface area contributed by atoms with Gasteiger partial charge in [0.15, 0.2) is 0 Å². The van der Waals surface area contributed by atoms with E-state index < -0.39 is 29.0 Å². The monoisotopic (exact) mass is 476 g/mol. The molecule has 1 saturated heterocycles. The molecule has 0 amide bonds. The third kappa shape index (κ3) is 5.15. The lowest BCUT2D eigenvalue weighted by Crippen LogP contribution is -2.45. The highest BCUT2D eigenvalue weighted by Crippen LogP contribution is 2.32. The van der Waals surface area contributed by atoms with Gasteiger partial charge in [-0.1, -0.05) is 0 Å². The number of hydrogen-bond acceptors (Lipinski definition) is 10. The van der Waals surface area contributed by atoms with Crippen molar-refractivity contribution in [2.24, 2.45) is 0 Å². The normalized spacial score (nSPS) is 15.0. The molecule has 3 aromatic rings. The Balaban J connectivity index is 1.25. The molecule has 14 heteroatoms. The molecule has 178 valence electrons. The van der Waals surface area contributed by atoms with E-state index in [1.807, 2.05) is 11.0 Å². The summed E-state index contributed by atoms with van der Waals surface area (Å²) in [7, 11) is 0. The summed E-state index contributed by atoms with van der Waals surface area (Å²) in [6.45, 7) is 2.86. The van der Waals surface area contributed by atoms with Gasteiger partial charge >= 0.3 is 6.18 Å². The number of pyridine rings is 1. The van der Waals surface area contributed by atoms with E-state index >= 15 is 0 Å². The minimum atomic E-state index is -4.83. The summed E-state index contributed by atoms with van der Waals surface area (Å²) in [5, 5.41) is 24.6. The van der Waals surface area contributed by atoms with Crippen molar-refractivity contribution in [1.82, 2.24) is 25.4 Å². The largest absolute Gasteiger partial charge is 0.423 e. The number of nitrogens with zero attached hydrogens (tertiary/aromatic N) is 6. The molecule has 34 heavy (non-hydrogen) atoms. The number of nitrogens with one attached hydrogen (secondary N) is 2. The van der Waals surface area contributed by atoms with Gasteiger partial charge in [0.05, 0.1) is 30.0 Å². The van der Waals surface area contributed by atoms with Crippen molar-refractivity contribution in [2.45, 2.75) is 31.7 Å². The van der Waals surface area contributed by atoms with E-state index in [1.54, 1.807) is 24.2 Å². The third-order valence-electron chi connectivity index (χ3n) is 5.05. The first-order chi connectivity index (χ1) is 16.2. The van der Waals surface area contributed by atoms with E-state index in [2.05, 4.69) is 25.6 Å². The lowest BCUT2D eigenvalue weighted by atomic mass is 10.0. The van der Waals surface area contributed by atoms with E-state index in [0.717, 1.165) is 12.0 Å². The first-order valence-corrected chi connectivity index (χ1v) is 10.2. The second-order valence-corrected chi connectivity index (χ2v) is 7.70. The number of nitriles is 1. The third-order valence-corrected chi connectivity index (χ3v) is 5.05. The fourth-order valence-corrected chi connectivity index (χ4v) is 3.37. The number of aromatic amines is 1. The predicted molar refractivity (Wildman–Crippen MR) is 111 cm³/mol. The van der Waals surface area contributed by atoms with Crippen molar-refractivity contribution in [3.05, 3.63) is 57.8 Å². The molecule has 0 aromatic carbocycles. The Labute approximate surface area is 190 Å². The molecule has 0 saturated carbocycles. The van der Waals surface area contributed by atoms with Crippen LogP contribution < -0.4 is 15.8 Å². The molecule has 1 fully saturated rings. The molecule has 1 aliphatic rings. The summed E-state index contributed by atoms with van der Waals surface area (Å²) in [6.07, 6.45) is -2.41. The molecule has 1 aliphatic heterocycles. The molecule has 1 atom stereocenters. The van der Waals surface area contributed by atoms with Gasteiger partial charge in [0.1, 0.15) is 24.1 Å². The summed E-state index contributed by atoms with van der Waals surface area (Å²) in [6, 6.07) is 4.93. The minimum absolute atomic E-state index is 0.0172. The van der Waals surface area contributed by atoms with Crippen LogP contribution in [-0.2, 0) is 17.5 Å². The van der Waals surface area contributed by atoms with Crippen LogP contribution in [0, 0.1) is 11.3 Å². The average molecular weight is 476 g/mol. The predicted octanol–water partition coefficient (Wildman–Crippen LogP) is 2.06. The molecule has 0 radical (unpaired) electrons. The van der Waals surface area contributed by atoms with Crippen molar-refractivity contribution < 1.29 is 22.3 Å². The summed E-state index contributed by atoms with van der Waals surface area (Å²) in [5.74, 6) is 1.48. The molecule has 11 nitrogen and oxygen atoms in total. The Morgan fingerprint density at radius 2 is 2.15 bits per heavy atom. The zero-order valence-corrected chi connectivity index (χ0v) is 17.8. The molecule has 4 heterocycles. The molecule has 0 bridgehead atoms. The van der Waals surface area contributed by atoms with Crippen LogP contribution in [0.1, 0.15) is 35.7 Å². The van der Waals surface area contributed by atoms with E-state index in [0.29, 0.717) is 24.5 Å². The lowest BCUT2D eigenvalue weighted by Gasteiger charge is -2.38. The van der Waals surface area contributed by atoms with E-state index in [9.17, 15) is 18.0 Å². The van der Waals surface area contributed by atoms with Crippen LogP contribution >= 0.6 is 0 Å². The van der Waals surface area contributed by atoms with E-state index in [-0.39, 0.29) is 25.0 Å². The minimum Gasteiger partial charge on any atom is -0.422 e. The number of rotatable bonds is 8. The molecule has 3 aromatic heterocycles. The molecule has 4 rings (SSSR count). The van der Waals surface area contributed by atoms with Crippen molar-refractivity contribution in [3.8, 4) is 6.07 Å². The maximum Gasteiger partial charge on any atom is 0.423 e. The molecule has 0 aliphatic carbocycles. The summed E-state index contributed by atoms with van der Waals surface area (Å²) in [4.78, 5) is 17.8. The van der Waals surface area contributed by atoms with Gasteiger partial charge in [-0.15, -0.1) is 10.2 Å². The van der Waals surface area contributed by atoms with Crippen LogP contribution in [0.15, 0.2) is 33.7 Å². The van der Waals surface area contributed by atoms with Gasteiger partial charge in [0, 0.05) is 25.3 Å². The van der Waals surface area contributed by atoms with Crippen LogP contribution in [0.4, 0.5) is 24.7 Å². The first kappa shape index (κ1) is 23.2. The standard InChI is InChI=1S/C20H19F3N8O3/c1-11(27-14-6-26-29-18(32)17(14)20(21,22)23)9-33-10-16-28-30-19(34-16)13-7-31(8-13)15-3-2-12(4-24)5-25-15/h2-3,5-6,11,13H,7-10H2,1H3,(H2,27,29,32). The van der Waals surface area contributed by atoms with E-state index in [1.165, 1.54) is 6.20 Å². The Morgan fingerprint density at radius 1 is 1.35 bits per heavy atom. The van der Waals surface area contributed by atoms with Crippen LogP contribution in [0.25, 0.3) is 0 Å². The highest BCUT2D eigenvalue weighted by molar-refractivity contribution is 5.50. The van der Waals surface area contributed by atoms with Gasteiger partial charge in [0.2, 0.25) is 11.8 Å². The zero-order valence-electron chi connectivity index (χ0n) is 17.8. The molecular formula is C20H19F3N8O3. The second kappa shape index (κ2) is 9.48. The number of ether oxygens (including phenoxy) is 1. The number of alkyl halides is 3. The maximum absolute atomic E-state index is 13.1. The Bertz CT molecular complexity index is 1230. The van der Waals surface area contributed by atoms with Crippen molar-refractivity contribution in [2.75, 3.05) is 29.9 Å². The molecule has 2 N–H and O–H groups in total. The first-order valence-electron chi connectivity index (χ1n) is 10.2. The van der Waals surface area contributed by atoms with Gasteiger partial charge in [-0.2, -0.15) is 23.5 Å². The highest BCUT2D eigenvalue weighted by atomic mass is 19.4. The van der Waals surface area contributed by atoms with Gasteiger partial charge in [-0.3, -0.25) is 4.79 Å². The van der Waals surface area contributed by atoms with Crippen LogP contribution in [0.3, 0.4) is 0 Å². The molecule has 0 spiro atoms. The quantitative estimate of drug-likeness (QED) is 0.495. The smallest absolute Gasteiger partial charge is 0.422 e. The number of anilines is 2. The maximum atomic E-state index is 13.1. The van der Waals surface area contributed by atoms with Crippen LogP contribution in [0.5, 0.6) is 0 Å². The van der Waals surface area contributed by atoms with Crippen molar-refractivity contribution in [3.63, 3.8) is 0 Å². The van der Waals surface area contributed by atoms with Crippen molar-refractivity contribution in [1.29, 1.82) is 5.26 Å². The lowest BCUT2D eigenvalue weighted by molar-refractivity contribution is -0.138. The summed E-state index contributed by atoms with van der Waals surface area (Å²) >= 11 is 0. The number of H-pyrrole nitrogens is 1.